The molecular weight excluding hydrogens is 454 g/mol. The normalized spacial score (nSPS) is 19.3. The number of carbonyl (C=O) groups excluding carboxylic acids is 4. The Hall–Kier alpha value is -3.47. The molecule has 35 heavy (non-hydrogen) atoms. The molecular formula is C24H33N5O6. The van der Waals surface area contributed by atoms with Crippen molar-refractivity contribution in [2.24, 2.45) is 10.7 Å². The fourth-order valence-corrected chi connectivity index (χ4v) is 4.44. The Morgan fingerprint density at radius 2 is 2.00 bits per heavy atom. The van der Waals surface area contributed by atoms with E-state index in [0.29, 0.717) is 36.2 Å². The van der Waals surface area contributed by atoms with Crippen LogP contribution in [0.3, 0.4) is 0 Å². The topological polar surface area (TPSA) is 155 Å². The van der Waals surface area contributed by atoms with Crippen molar-refractivity contribution in [2.45, 2.75) is 57.2 Å². The summed E-state index contributed by atoms with van der Waals surface area (Å²) in [6, 6.07) is 4.40. The number of amidine groups is 1. The molecule has 1 aromatic carbocycles. The molecule has 11 heteroatoms. The summed E-state index contributed by atoms with van der Waals surface area (Å²) in [4.78, 5) is 54.9. The maximum atomic E-state index is 13.1. The molecule has 2 atom stereocenters. The number of rotatable bonds is 11. The number of nitrogens with two attached hydrogens (primary N) is 1. The molecule has 0 saturated carbocycles. The van der Waals surface area contributed by atoms with Crippen LogP contribution >= 0.6 is 0 Å². The number of esters is 1. The second-order valence-electron chi connectivity index (χ2n) is 8.76. The molecule has 0 spiro atoms. The van der Waals surface area contributed by atoms with Gasteiger partial charge in [0, 0.05) is 43.2 Å². The van der Waals surface area contributed by atoms with Crippen molar-refractivity contribution in [3.8, 4) is 0 Å². The molecule has 11 nitrogen and oxygen atoms in total. The van der Waals surface area contributed by atoms with Crippen molar-refractivity contribution in [3.63, 3.8) is 0 Å². The molecule has 3 rings (SSSR count). The number of anilines is 1. The van der Waals surface area contributed by atoms with Gasteiger partial charge in [-0.3, -0.25) is 24.1 Å². The van der Waals surface area contributed by atoms with E-state index in [1.165, 1.54) is 12.0 Å². The quantitative estimate of drug-likeness (QED) is 0.307. The highest BCUT2D eigenvalue weighted by Crippen LogP contribution is 2.40. The summed E-state index contributed by atoms with van der Waals surface area (Å²) in [6.45, 7) is 0.562. The highest BCUT2D eigenvalue weighted by Gasteiger charge is 2.44. The minimum absolute atomic E-state index is 0.0148. The van der Waals surface area contributed by atoms with Crippen molar-refractivity contribution in [2.75, 3.05) is 32.1 Å². The van der Waals surface area contributed by atoms with E-state index in [2.05, 4.69) is 15.0 Å². The molecule has 0 bridgehead atoms. The van der Waals surface area contributed by atoms with E-state index in [1.54, 1.807) is 30.1 Å². The van der Waals surface area contributed by atoms with Gasteiger partial charge in [-0.1, -0.05) is 18.9 Å². The number of likely N-dealkylation sites (N-methyl/N-ethyl adjacent to an activating group) is 1. The van der Waals surface area contributed by atoms with Gasteiger partial charge < -0.3 is 25.8 Å². The van der Waals surface area contributed by atoms with Crippen LogP contribution in [0, 0.1) is 0 Å². The summed E-state index contributed by atoms with van der Waals surface area (Å²) in [5.74, 6) is -1.12. The van der Waals surface area contributed by atoms with E-state index >= 15 is 0 Å². The SMILES string of the molecule is COC(=O)CCCCCCNC(=O)CN(C)c1cccc2c1C(O)N(C1CCC(=O)N=C1N)C2=O. The molecule has 0 fully saturated rings. The Morgan fingerprint density at radius 3 is 2.71 bits per heavy atom. The molecule has 0 saturated heterocycles. The fourth-order valence-electron chi connectivity index (χ4n) is 4.44. The van der Waals surface area contributed by atoms with Crippen LogP contribution in [0.25, 0.3) is 0 Å². The molecule has 0 aliphatic carbocycles. The highest BCUT2D eigenvalue weighted by atomic mass is 16.5. The van der Waals surface area contributed by atoms with Crippen LogP contribution in [0.15, 0.2) is 23.2 Å². The third kappa shape index (κ3) is 6.16. The molecule has 3 amide bonds. The number of amides is 3. The Balaban J connectivity index is 1.56. The fraction of sp³-hybridized carbons (Fsp3) is 0.542. The van der Waals surface area contributed by atoms with Gasteiger partial charge in [0.1, 0.15) is 5.84 Å². The molecule has 2 heterocycles. The molecule has 2 aliphatic heterocycles. The van der Waals surface area contributed by atoms with E-state index < -0.39 is 18.2 Å². The maximum absolute atomic E-state index is 13.1. The summed E-state index contributed by atoms with van der Waals surface area (Å²) in [5, 5.41) is 13.9. The van der Waals surface area contributed by atoms with Crippen LogP contribution in [-0.2, 0) is 19.1 Å². The van der Waals surface area contributed by atoms with E-state index in [-0.39, 0.29) is 36.6 Å². The Bertz CT molecular complexity index is 1010. The second-order valence-corrected chi connectivity index (χ2v) is 8.76. The third-order valence-corrected chi connectivity index (χ3v) is 6.28. The van der Waals surface area contributed by atoms with E-state index in [1.807, 2.05) is 0 Å². The van der Waals surface area contributed by atoms with Gasteiger partial charge in [-0.05, 0) is 31.4 Å². The second kappa shape index (κ2) is 11.8. The first-order valence-corrected chi connectivity index (χ1v) is 11.8. The van der Waals surface area contributed by atoms with Crippen molar-refractivity contribution < 1.29 is 29.0 Å². The molecule has 0 aromatic heterocycles. The highest BCUT2D eigenvalue weighted by molar-refractivity contribution is 6.06. The number of nitrogens with zero attached hydrogens (tertiary/aromatic N) is 3. The van der Waals surface area contributed by atoms with E-state index in [9.17, 15) is 24.3 Å². The van der Waals surface area contributed by atoms with Crippen molar-refractivity contribution in [3.05, 3.63) is 29.3 Å². The maximum Gasteiger partial charge on any atom is 0.305 e. The summed E-state index contributed by atoms with van der Waals surface area (Å²) < 4.78 is 4.61. The standard InChI is InChI=1S/C24H33N5O6/c1-28(14-19(31)26-13-6-4-3-5-10-20(32)35-2)16-9-7-8-15-21(16)24(34)29(23(15)33)17-11-12-18(30)27-22(17)25/h7-9,17,24,34H,3-6,10-14H2,1-2H3,(H,26,31)(H2,25,27,30). The number of aliphatic hydroxyl groups is 1. The van der Waals surface area contributed by atoms with E-state index in [4.69, 9.17) is 5.73 Å². The Labute approximate surface area is 204 Å². The van der Waals surface area contributed by atoms with Gasteiger partial charge in [-0.2, -0.15) is 4.99 Å². The number of benzene rings is 1. The van der Waals surface area contributed by atoms with Gasteiger partial charge in [-0.25, -0.2) is 0 Å². The number of fused-ring (bicyclic) bond motifs is 1. The zero-order valence-corrected chi connectivity index (χ0v) is 20.2. The first kappa shape index (κ1) is 26.1. The number of methoxy groups -OCH3 is 1. The monoisotopic (exact) mass is 487 g/mol. The minimum atomic E-state index is -1.27. The summed E-state index contributed by atoms with van der Waals surface area (Å²) >= 11 is 0. The van der Waals surface area contributed by atoms with Gasteiger partial charge in [0.05, 0.1) is 19.7 Å². The number of hydrogen-bond acceptors (Lipinski definition) is 8. The van der Waals surface area contributed by atoms with E-state index in [0.717, 1.165) is 25.7 Å². The lowest BCUT2D eigenvalue weighted by Gasteiger charge is -2.32. The number of aliphatic imine (C=N–C) groups is 1. The van der Waals surface area contributed by atoms with Gasteiger partial charge >= 0.3 is 5.97 Å². The average Bonchev–Trinajstić information content (AvgIpc) is 3.08. The number of aliphatic hydroxyl groups excluding tert-OH is 1. The number of unbranched alkanes of at least 4 members (excludes halogenated alkanes) is 3. The molecule has 190 valence electrons. The van der Waals surface area contributed by atoms with Crippen LogP contribution in [-0.4, -0.2) is 72.8 Å². The Morgan fingerprint density at radius 1 is 1.26 bits per heavy atom. The van der Waals surface area contributed by atoms with Crippen molar-refractivity contribution in [1.29, 1.82) is 0 Å². The largest absolute Gasteiger partial charge is 0.469 e. The minimum Gasteiger partial charge on any atom is -0.469 e. The van der Waals surface area contributed by atoms with Gasteiger partial charge in [0.15, 0.2) is 6.23 Å². The summed E-state index contributed by atoms with van der Waals surface area (Å²) in [7, 11) is 3.09. The molecule has 4 N–H and O–H groups in total. The van der Waals surface area contributed by atoms with Gasteiger partial charge in [0.2, 0.25) is 11.8 Å². The summed E-state index contributed by atoms with van der Waals surface area (Å²) in [5.41, 5.74) is 7.22. The first-order valence-electron chi connectivity index (χ1n) is 11.8. The van der Waals surface area contributed by atoms with Crippen LogP contribution in [0.1, 0.15) is 67.1 Å². The summed E-state index contributed by atoms with van der Waals surface area (Å²) in [6.07, 6.45) is 2.91. The van der Waals surface area contributed by atoms with Gasteiger partial charge in [0.25, 0.3) is 5.91 Å². The third-order valence-electron chi connectivity index (χ3n) is 6.28. The van der Waals surface area contributed by atoms with Crippen LogP contribution in [0.5, 0.6) is 0 Å². The van der Waals surface area contributed by atoms with Crippen LogP contribution in [0.2, 0.25) is 0 Å². The lowest BCUT2D eigenvalue weighted by Crippen LogP contribution is -2.49. The molecule has 2 aliphatic rings. The predicted octanol–water partition coefficient (Wildman–Crippen LogP) is 0.855. The number of hydrogen-bond donors (Lipinski definition) is 3. The van der Waals surface area contributed by atoms with Crippen molar-refractivity contribution >= 4 is 35.2 Å². The zero-order chi connectivity index (χ0) is 25.5. The lowest BCUT2D eigenvalue weighted by atomic mass is 10.0. The Kier molecular flexibility index (Phi) is 8.80. The number of nitrogens with one attached hydrogen (secondary N) is 1. The smallest absolute Gasteiger partial charge is 0.305 e. The van der Waals surface area contributed by atoms with Crippen LogP contribution < -0.4 is 16.0 Å². The zero-order valence-electron chi connectivity index (χ0n) is 20.2. The van der Waals surface area contributed by atoms with Crippen molar-refractivity contribution in [1.82, 2.24) is 10.2 Å². The number of ether oxygens (including phenoxy) is 1. The molecule has 2 unspecified atom stereocenters. The molecule has 1 aromatic rings. The van der Waals surface area contributed by atoms with Crippen LogP contribution in [0.4, 0.5) is 5.69 Å². The molecule has 0 radical (unpaired) electrons. The first-order chi connectivity index (χ1) is 16.7. The lowest BCUT2D eigenvalue weighted by molar-refractivity contribution is -0.140. The van der Waals surface area contributed by atoms with Gasteiger partial charge in [-0.15, -0.1) is 0 Å². The number of carbonyl (C=O) groups is 4. The average molecular weight is 488 g/mol. The predicted molar refractivity (Wildman–Crippen MR) is 129 cm³/mol.